The fourth-order valence-corrected chi connectivity index (χ4v) is 2.72. The number of carbonyl (C=O) groups is 2. The highest BCUT2D eigenvalue weighted by Gasteiger charge is 2.18. The Hall–Kier alpha value is -2.08. The minimum Gasteiger partial charge on any atom is -0.493 e. The molecule has 1 aromatic rings. The number of ether oxygens (including phenoxy) is 1. The van der Waals surface area contributed by atoms with Crippen LogP contribution < -0.4 is 15.4 Å². The summed E-state index contributed by atoms with van der Waals surface area (Å²) in [6, 6.07) is 4.19. The number of piperazine rings is 1. The Morgan fingerprint density at radius 3 is 2.88 bits per heavy atom. The molecule has 1 aliphatic rings. The number of hydrogen-bond donors (Lipinski definition) is 2. The van der Waals surface area contributed by atoms with Crippen LogP contribution in [-0.4, -0.2) is 56.0 Å². The zero-order valence-electron chi connectivity index (χ0n) is 14.8. The molecule has 0 saturated carbocycles. The van der Waals surface area contributed by atoms with Crippen LogP contribution in [0.1, 0.15) is 23.1 Å². The molecule has 6 heteroatoms. The first-order valence-electron chi connectivity index (χ1n) is 8.42. The van der Waals surface area contributed by atoms with Crippen LogP contribution >= 0.6 is 0 Å². The lowest BCUT2D eigenvalue weighted by atomic mass is 10.1. The van der Waals surface area contributed by atoms with Gasteiger partial charge in [0.05, 0.1) is 19.7 Å². The molecule has 0 atom stereocenters. The van der Waals surface area contributed by atoms with Crippen molar-refractivity contribution in [3.8, 4) is 5.75 Å². The maximum atomic E-state index is 11.9. The van der Waals surface area contributed by atoms with Gasteiger partial charge in [-0.2, -0.15) is 0 Å². The Morgan fingerprint density at radius 1 is 1.33 bits per heavy atom. The van der Waals surface area contributed by atoms with Gasteiger partial charge in [-0.05, 0) is 49.9 Å². The molecule has 0 aromatic heterocycles. The molecule has 0 unspecified atom stereocenters. The number of hydrogen-bond acceptors (Lipinski definition) is 4. The lowest BCUT2D eigenvalue weighted by Crippen LogP contribution is -2.50. The Bertz CT molecular complexity index is 601. The summed E-state index contributed by atoms with van der Waals surface area (Å²) < 4.78 is 5.83. The van der Waals surface area contributed by atoms with Crippen LogP contribution in [0.4, 0.5) is 0 Å². The predicted molar refractivity (Wildman–Crippen MR) is 93.2 cm³/mol. The number of carbonyl (C=O) groups excluding carboxylic acids is 2. The van der Waals surface area contributed by atoms with Crippen molar-refractivity contribution in [3.05, 3.63) is 28.8 Å². The molecule has 0 aliphatic carbocycles. The highest BCUT2D eigenvalue weighted by Crippen LogP contribution is 2.23. The summed E-state index contributed by atoms with van der Waals surface area (Å²) in [6.07, 6.45) is 0.749. The SMILES string of the molecule is Cc1cc(C)c(C)c(OCCCNC(=O)CN2CCNC(=O)C2)c1. The Kier molecular flexibility index (Phi) is 6.61. The van der Waals surface area contributed by atoms with E-state index in [0.29, 0.717) is 32.8 Å². The molecule has 1 aliphatic heterocycles. The molecule has 24 heavy (non-hydrogen) atoms. The zero-order valence-corrected chi connectivity index (χ0v) is 14.8. The van der Waals surface area contributed by atoms with Crippen LogP contribution in [0, 0.1) is 20.8 Å². The van der Waals surface area contributed by atoms with Gasteiger partial charge >= 0.3 is 0 Å². The van der Waals surface area contributed by atoms with E-state index in [2.05, 4.69) is 37.5 Å². The molecular formula is C18H27N3O3. The van der Waals surface area contributed by atoms with Crippen LogP contribution in [0.2, 0.25) is 0 Å². The first kappa shape index (κ1) is 18.3. The summed E-state index contributed by atoms with van der Waals surface area (Å²) in [7, 11) is 0. The maximum Gasteiger partial charge on any atom is 0.234 e. The molecule has 2 amide bonds. The molecular weight excluding hydrogens is 306 g/mol. The third-order valence-corrected chi connectivity index (χ3v) is 4.15. The van der Waals surface area contributed by atoms with Crippen LogP contribution in [0.15, 0.2) is 12.1 Å². The van der Waals surface area contributed by atoms with Gasteiger partial charge in [0.1, 0.15) is 5.75 Å². The van der Waals surface area contributed by atoms with E-state index in [4.69, 9.17) is 4.74 Å². The third kappa shape index (κ3) is 5.53. The fraction of sp³-hybridized carbons (Fsp3) is 0.556. The van der Waals surface area contributed by atoms with E-state index in [1.165, 1.54) is 11.1 Å². The van der Waals surface area contributed by atoms with Gasteiger partial charge in [-0.15, -0.1) is 0 Å². The number of nitrogens with zero attached hydrogens (tertiary/aromatic N) is 1. The molecule has 132 valence electrons. The lowest BCUT2D eigenvalue weighted by Gasteiger charge is -2.25. The van der Waals surface area contributed by atoms with Crippen molar-refractivity contribution in [2.75, 3.05) is 39.3 Å². The first-order chi connectivity index (χ1) is 11.5. The summed E-state index contributed by atoms with van der Waals surface area (Å²) in [5.74, 6) is 0.844. The molecule has 2 N–H and O–H groups in total. The van der Waals surface area contributed by atoms with Crippen molar-refractivity contribution in [1.29, 1.82) is 0 Å². The number of amides is 2. The smallest absolute Gasteiger partial charge is 0.234 e. The minimum atomic E-state index is -0.0488. The van der Waals surface area contributed by atoms with Crippen LogP contribution in [0.25, 0.3) is 0 Å². The second kappa shape index (κ2) is 8.68. The van der Waals surface area contributed by atoms with Gasteiger partial charge in [0.15, 0.2) is 0 Å². The second-order valence-electron chi connectivity index (χ2n) is 6.32. The summed E-state index contributed by atoms with van der Waals surface area (Å²) in [5.41, 5.74) is 3.57. The van der Waals surface area contributed by atoms with E-state index in [0.717, 1.165) is 17.7 Å². The highest BCUT2D eigenvalue weighted by atomic mass is 16.5. The molecule has 0 bridgehead atoms. The standard InChI is InChI=1S/C18H27N3O3/c1-13-9-14(2)15(3)16(10-13)24-8-4-5-19-17(22)11-21-7-6-20-18(23)12-21/h9-10H,4-8,11-12H2,1-3H3,(H,19,22)(H,20,23). The van der Waals surface area contributed by atoms with Crippen molar-refractivity contribution >= 4 is 11.8 Å². The molecule has 1 fully saturated rings. The van der Waals surface area contributed by atoms with Gasteiger partial charge in [-0.25, -0.2) is 0 Å². The largest absolute Gasteiger partial charge is 0.493 e. The maximum absolute atomic E-state index is 11.9. The topological polar surface area (TPSA) is 70.7 Å². The molecule has 1 heterocycles. The van der Waals surface area contributed by atoms with E-state index in [1.807, 2.05) is 11.0 Å². The van der Waals surface area contributed by atoms with Gasteiger partial charge in [0.25, 0.3) is 0 Å². The first-order valence-corrected chi connectivity index (χ1v) is 8.42. The zero-order chi connectivity index (χ0) is 17.5. The van der Waals surface area contributed by atoms with Gasteiger partial charge in [-0.3, -0.25) is 14.5 Å². The van der Waals surface area contributed by atoms with Crippen molar-refractivity contribution < 1.29 is 14.3 Å². The normalized spacial score (nSPS) is 15.0. The molecule has 2 rings (SSSR count). The lowest BCUT2D eigenvalue weighted by molar-refractivity contribution is -0.126. The summed E-state index contributed by atoms with van der Waals surface area (Å²) >= 11 is 0. The molecule has 0 spiro atoms. The molecule has 1 aromatic carbocycles. The summed E-state index contributed by atoms with van der Waals surface area (Å²) in [6.45, 7) is 9.21. The Labute approximate surface area is 143 Å². The predicted octanol–water partition coefficient (Wildman–Crippen LogP) is 0.929. The van der Waals surface area contributed by atoms with E-state index >= 15 is 0 Å². The molecule has 0 radical (unpaired) electrons. The van der Waals surface area contributed by atoms with Crippen molar-refractivity contribution in [3.63, 3.8) is 0 Å². The van der Waals surface area contributed by atoms with E-state index in [9.17, 15) is 9.59 Å². The minimum absolute atomic E-state index is 0.0220. The van der Waals surface area contributed by atoms with E-state index in [-0.39, 0.29) is 18.4 Å². The van der Waals surface area contributed by atoms with Gasteiger partial charge in [-0.1, -0.05) is 6.07 Å². The van der Waals surface area contributed by atoms with Crippen LogP contribution in [0.5, 0.6) is 5.75 Å². The summed E-state index contributed by atoms with van der Waals surface area (Å²) in [4.78, 5) is 25.0. The van der Waals surface area contributed by atoms with Crippen molar-refractivity contribution in [1.82, 2.24) is 15.5 Å². The molecule has 6 nitrogen and oxygen atoms in total. The van der Waals surface area contributed by atoms with Gasteiger partial charge < -0.3 is 15.4 Å². The molecule has 1 saturated heterocycles. The number of nitrogens with one attached hydrogen (secondary N) is 2. The average molecular weight is 333 g/mol. The average Bonchev–Trinajstić information content (AvgIpc) is 2.51. The number of rotatable bonds is 7. The third-order valence-electron chi connectivity index (χ3n) is 4.15. The number of benzene rings is 1. The van der Waals surface area contributed by atoms with Gasteiger partial charge in [0.2, 0.25) is 11.8 Å². The number of aryl methyl sites for hydroxylation is 2. The van der Waals surface area contributed by atoms with E-state index in [1.54, 1.807) is 0 Å². The Balaban J connectivity index is 1.64. The highest BCUT2D eigenvalue weighted by molar-refractivity contribution is 5.81. The van der Waals surface area contributed by atoms with Crippen LogP contribution in [0.3, 0.4) is 0 Å². The van der Waals surface area contributed by atoms with Crippen molar-refractivity contribution in [2.45, 2.75) is 27.2 Å². The van der Waals surface area contributed by atoms with Crippen LogP contribution in [-0.2, 0) is 9.59 Å². The second-order valence-corrected chi connectivity index (χ2v) is 6.32. The fourth-order valence-electron chi connectivity index (χ4n) is 2.72. The van der Waals surface area contributed by atoms with Crippen molar-refractivity contribution in [2.24, 2.45) is 0 Å². The Morgan fingerprint density at radius 2 is 2.12 bits per heavy atom. The van der Waals surface area contributed by atoms with E-state index < -0.39 is 0 Å². The quantitative estimate of drug-likeness (QED) is 0.728. The summed E-state index contributed by atoms with van der Waals surface area (Å²) in [5, 5.41) is 5.62. The van der Waals surface area contributed by atoms with Gasteiger partial charge in [0, 0.05) is 19.6 Å². The monoisotopic (exact) mass is 333 g/mol.